The second-order valence-electron chi connectivity index (χ2n) is 3.94. The van der Waals surface area contributed by atoms with Crippen LogP contribution in [0, 0.1) is 6.92 Å². The first-order valence-electron chi connectivity index (χ1n) is 5.19. The quantitative estimate of drug-likeness (QED) is 0.695. The molecule has 0 amide bonds. The van der Waals surface area contributed by atoms with Crippen LogP contribution in [0.15, 0.2) is 6.07 Å². The van der Waals surface area contributed by atoms with Crippen molar-refractivity contribution in [1.29, 1.82) is 0 Å². The highest BCUT2D eigenvalue weighted by Gasteiger charge is 2.18. The molecule has 3 N–H and O–H groups in total. The molecule has 82 valence electrons. The maximum atomic E-state index is 9.40. The average molecular weight is 208 g/mol. The van der Waals surface area contributed by atoms with Gasteiger partial charge in [0.1, 0.15) is 5.82 Å². The SMILES string of the molecule is Cc1cc(N2CCC(O)CC2)nc(N)n1. The predicted molar refractivity (Wildman–Crippen MR) is 58.6 cm³/mol. The number of aliphatic hydroxyl groups excluding tert-OH is 1. The Labute approximate surface area is 88.9 Å². The first-order chi connectivity index (χ1) is 7.15. The van der Waals surface area contributed by atoms with Gasteiger partial charge in [-0.05, 0) is 19.8 Å². The number of aryl methyl sites for hydroxylation is 1. The van der Waals surface area contributed by atoms with Gasteiger partial charge in [-0.2, -0.15) is 4.98 Å². The van der Waals surface area contributed by atoms with Crippen LogP contribution in [0.4, 0.5) is 11.8 Å². The first kappa shape index (κ1) is 10.2. The van der Waals surface area contributed by atoms with Crippen LogP contribution in [0.1, 0.15) is 18.5 Å². The number of aliphatic hydroxyl groups is 1. The van der Waals surface area contributed by atoms with Crippen molar-refractivity contribution in [2.45, 2.75) is 25.9 Å². The lowest BCUT2D eigenvalue weighted by molar-refractivity contribution is 0.145. The minimum Gasteiger partial charge on any atom is -0.393 e. The molecule has 2 rings (SSSR count). The van der Waals surface area contributed by atoms with E-state index in [2.05, 4.69) is 14.9 Å². The standard InChI is InChI=1S/C10H16N4O/c1-7-6-9(13-10(11)12-7)14-4-2-8(15)3-5-14/h6,8,15H,2-5H2,1H3,(H2,11,12,13). The van der Waals surface area contributed by atoms with Crippen LogP contribution in [-0.4, -0.2) is 34.3 Å². The van der Waals surface area contributed by atoms with Crippen LogP contribution in [0.2, 0.25) is 0 Å². The van der Waals surface area contributed by atoms with E-state index in [9.17, 15) is 5.11 Å². The Bertz CT molecular complexity index is 327. The second kappa shape index (κ2) is 4.02. The number of hydrogen-bond acceptors (Lipinski definition) is 5. The topological polar surface area (TPSA) is 75.3 Å². The Kier molecular flexibility index (Phi) is 2.73. The van der Waals surface area contributed by atoms with Crippen LogP contribution in [0.25, 0.3) is 0 Å². The predicted octanol–water partition coefficient (Wildman–Crippen LogP) is 0.328. The third-order valence-electron chi connectivity index (χ3n) is 2.65. The minimum atomic E-state index is -0.165. The van der Waals surface area contributed by atoms with E-state index in [1.54, 1.807) is 0 Å². The molecule has 0 atom stereocenters. The number of aromatic nitrogens is 2. The lowest BCUT2D eigenvalue weighted by Crippen LogP contribution is -2.36. The van der Waals surface area contributed by atoms with E-state index in [-0.39, 0.29) is 6.10 Å². The van der Waals surface area contributed by atoms with Crippen LogP contribution in [0.5, 0.6) is 0 Å². The molecule has 1 aliphatic heterocycles. The van der Waals surface area contributed by atoms with Gasteiger partial charge >= 0.3 is 0 Å². The fourth-order valence-electron chi connectivity index (χ4n) is 1.83. The summed E-state index contributed by atoms with van der Waals surface area (Å²) in [4.78, 5) is 10.4. The number of anilines is 2. The van der Waals surface area contributed by atoms with Gasteiger partial charge < -0.3 is 15.7 Å². The summed E-state index contributed by atoms with van der Waals surface area (Å²) in [7, 11) is 0. The maximum absolute atomic E-state index is 9.40. The molecule has 1 aliphatic rings. The molecule has 0 aliphatic carbocycles. The fourth-order valence-corrected chi connectivity index (χ4v) is 1.83. The van der Waals surface area contributed by atoms with Crippen molar-refractivity contribution in [3.05, 3.63) is 11.8 Å². The Hall–Kier alpha value is -1.36. The summed E-state index contributed by atoms with van der Waals surface area (Å²) < 4.78 is 0. The smallest absolute Gasteiger partial charge is 0.222 e. The van der Waals surface area contributed by atoms with Crippen molar-refractivity contribution in [1.82, 2.24) is 9.97 Å². The van der Waals surface area contributed by atoms with Gasteiger partial charge in [-0.25, -0.2) is 4.98 Å². The van der Waals surface area contributed by atoms with Gasteiger partial charge in [-0.1, -0.05) is 0 Å². The van der Waals surface area contributed by atoms with Crippen molar-refractivity contribution in [2.75, 3.05) is 23.7 Å². The molecule has 5 heteroatoms. The van der Waals surface area contributed by atoms with Crippen molar-refractivity contribution in [3.63, 3.8) is 0 Å². The van der Waals surface area contributed by atoms with Gasteiger partial charge in [-0.15, -0.1) is 0 Å². The second-order valence-corrected chi connectivity index (χ2v) is 3.94. The molecule has 0 unspecified atom stereocenters. The van der Waals surface area contributed by atoms with Gasteiger partial charge in [-0.3, -0.25) is 0 Å². The molecular formula is C10H16N4O. The maximum Gasteiger partial charge on any atom is 0.222 e. The molecule has 0 radical (unpaired) electrons. The third-order valence-corrected chi connectivity index (χ3v) is 2.65. The van der Waals surface area contributed by atoms with E-state index < -0.39 is 0 Å². The lowest BCUT2D eigenvalue weighted by Gasteiger charge is -2.30. The summed E-state index contributed by atoms with van der Waals surface area (Å²) in [5, 5.41) is 9.40. The third kappa shape index (κ3) is 2.36. The van der Waals surface area contributed by atoms with Crippen LogP contribution < -0.4 is 10.6 Å². The Balaban J connectivity index is 2.15. The van der Waals surface area contributed by atoms with Gasteiger partial charge in [0.15, 0.2) is 0 Å². The molecule has 15 heavy (non-hydrogen) atoms. The summed E-state index contributed by atoms with van der Waals surface area (Å²) in [6, 6.07) is 1.92. The number of nitrogens with zero attached hydrogens (tertiary/aromatic N) is 3. The Morgan fingerprint density at radius 2 is 2.07 bits per heavy atom. The van der Waals surface area contributed by atoms with E-state index in [4.69, 9.17) is 5.73 Å². The summed E-state index contributed by atoms with van der Waals surface area (Å²) in [5.74, 6) is 1.18. The van der Waals surface area contributed by atoms with Gasteiger partial charge in [0.2, 0.25) is 5.95 Å². The monoisotopic (exact) mass is 208 g/mol. The Morgan fingerprint density at radius 1 is 1.40 bits per heavy atom. The summed E-state index contributed by atoms with van der Waals surface area (Å²) in [5.41, 5.74) is 6.47. The number of rotatable bonds is 1. The molecule has 1 fully saturated rings. The van der Waals surface area contributed by atoms with Crippen LogP contribution >= 0.6 is 0 Å². The zero-order valence-electron chi connectivity index (χ0n) is 8.85. The molecule has 1 aromatic rings. The molecule has 0 bridgehead atoms. The van der Waals surface area contributed by atoms with E-state index in [0.29, 0.717) is 5.95 Å². The normalized spacial score (nSPS) is 18.1. The van der Waals surface area contributed by atoms with Crippen LogP contribution in [0.3, 0.4) is 0 Å². The Morgan fingerprint density at radius 3 is 2.67 bits per heavy atom. The van der Waals surface area contributed by atoms with Gasteiger partial charge in [0, 0.05) is 24.8 Å². The van der Waals surface area contributed by atoms with E-state index >= 15 is 0 Å². The number of nitrogen functional groups attached to an aromatic ring is 1. The summed E-state index contributed by atoms with van der Waals surface area (Å²) in [6.07, 6.45) is 1.42. The van der Waals surface area contributed by atoms with Crippen molar-refractivity contribution in [2.24, 2.45) is 0 Å². The highest BCUT2D eigenvalue weighted by Crippen LogP contribution is 2.18. The van der Waals surface area contributed by atoms with Crippen LogP contribution in [-0.2, 0) is 0 Å². The summed E-state index contributed by atoms with van der Waals surface area (Å²) >= 11 is 0. The van der Waals surface area contributed by atoms with Gasteiger partial charge in [0.25, 0.3) is 0 Å². The highest BCUT2D eigenvalue weighted by atomic mass is 16.3. The van der Waals surface area contributed by atoms with Crippen molar-refractivity contribution < 1.29 is 5.11 Å². The zero-order valence-corrected chi connectivity index (χ0v) is 8.85. The summed E-state index contributed by atoms with van der Waals surface area (Å²) in [6.45, 7) is 3.56. The molecule has 0 saturated carbocycles. The lowest BCUT2D eigenvalue weighted by atomic mass is 10.1. The largest absolute Gasteiger partial charge is 0.393 e. The molecular weight excluding hydrogens is 192 g/mol. The molecule has 1 aromatic heterocycles. The minimum absolute atomic E-state index is 0.165. The molecule has 2 heterocycles. The fraction of sp³-hybridized carbons (Fsp3) is 0.600. The average Bonchev–Trinajstić information content (AvgIpc) is 2.17. The van der Waals surface area contributed by atoms with E-state index in [1.807, 2.05) is 13.0 Å². The van der Waals surface area contributed by atoms with E-state index in [1.165, 1.54) is 0 Å². The van der Waals surface area contributed by atoms with E-state index in [0.717, 1.165) is 37.4 Å². The van der Waals surface area contributed by atoms with Gasteiger partial charge in [0.05, 0.1) is 6.10 Å². The number of nitrogens with two attached hydrogens (primary N) is 1. The van der Waals surface area contributed by atoms with Crippen molar-refractivity contribution >= 4 is 11.8 Å². The number of piperidine rings is 1. The highest BCUT2D eigenvalue weighted by molar-refractivity contribution is 5.43. The first-order valence-corrected chi connectivity index (χ1v) is 5.19. The molecule has 0 aromatic carbocycles. The molecule has 0 spiro atoms. The number of hydrogen-bond donors (Lipinski definition) is 2. The molecule has 1 saturated heterocycles. The zero-order chi connectivity index (χ0) is 10.8. The molecule has 5 nitrogen and oxygen atoms in total. The van der Waals surface area contributed by atoms with Crippen molar-refractivity contribution in [3.8, 4) is 0 Å².